The van der Waals surface area contributed by atoms with Crippen LogP contribution in [-0.4, -0.2) is 41.2 Å². The molecule has 0 saturated carbocycles. The zero-order valence-electron chi connectivity index (χ0n) is 13.3. The van der Waals surface area contributed by atoms with E-state index in [1.165, 1.54) is 27.7 Å². The molecular weight excluding hydrogens is 286 g/mol. The second-order valence-electron chi connectivity index (χ2n) is 6.05. The molecule has 1 aromatic carbocycles. The van der Waals surface area contributed by atoms with Crippen LogP contribution in [0, 0.1) is 6.92 Å². The third-order valence-electron chi connectivity index (χ3n) is 4.63. The van der Waals surface area contributed by atoms with Crippen LogP contribution in [0.4, 0.5) is 0 Å². The Labute approximate surface area is 136 Å². The van der Waals surface area contributed by atoms with Crippen molar-refractivity contribution in [2.24, 2.45) is 0 Å². The quantitative estimate of drug-likeness (QED) is 0.807. The smallest absolute Gasteiger partial charge is 0.0642 e. The predicted octanol–water partition coefficient (Wildman–Crippen LogP) is 3.29. The number of hydrogen-bond donors (Lipinski definition) is 1. The number of aryl methyl sites for hydroxylation is 1. The van der Waals surface area contributed by atoms with Crippen LogP contribution >= 0.6 is 0 Å². The molecule has 1 atom stereocenters. The summed E-state index contributed by atoms with van der Waals surface area (Å²) in [5.74, 6) is 0. The summed E-state index contributed by atoms with van der Waals surface area (Å²) in [5.41, 5.74) is 5.02. The molecule has 0 radical (unpaired) electrons. The van der Waals surface area contributed by atoms with E-state index in [-0.39, 0.29) is 6.04 Å². The third kappa shape index (κ3) is 2.64. The zero-order chi connectivity index (χ0) is 15.6. The highest BCUT2D eigenvalue weighted by atomic mass is 16.5. The van der Waals surface area contributed by atoms with E-state index in [1.54, 1.807) is 0 Å². The maximum atomic E-state index is 5.56. The summed E-state index contributed by atoms with van der Waals surface area (Å²) >= 11 is 0. The average Bonchev–Trinajstić information content (AvgIpc) is 2.94. The number of morpholine rings is 1. The van der Waals surface area contributed by atoms with E-state index < -0.39 is 0 Å². The van der Waals surface area contributed by atoms with Crippen molar-refractivity contribution in [1.82, 2.24) is 14.9 Å². The summed E-state index contributed by atoms with van der Waals surface area (Å²) < 4.78 is 5.56. The van der Waals surface area contributed by atoms with Crippen molar-refractivity contribution in [3.63, 3.8) is 0 Å². The lowest BCUT2D eigenvalue weighted by molar-refractivity contribution is 0.0240. The number of ether oxygens (including phenoxy) is 1. The van der Waals surface area contributed by atoms with Gasteiger partial charge in [-0.15, -0.1) is 0 Å². The molecule has 23 heavy (non-hydrogen) atoms. The first-order chi connectivity index (χ1) is 11.3. The van der Waals surface area contributed by atoms with E-state index in [0.29, 0.717) is 0 Å². The Morgan fingerprint density at radius 3 is 2.74 bits per heavy atom. The molecule has 0 amide bonds. The SMILES string of the molecule is Cc1[nH]c2ccccc2c1[C@@H](c1cccnc1)N1CCOCC1. The van der Waals surface area contributed by atoms with Gasteiger partial charge in [0, 0.05) is 47.6 Å². The van der Waals surface area contributed by atoms with Gasteiger partial charge in [0.05, 0.1) is 19.3 Å². The number of aromatic nitrogens is 2. The van der Waals surface area contributed by atoms with Gasteiger partial charge < -0.3 is 9.72 Å². The highest BCUT2D eigenvalue weighted by Crippen LogP contribution is 2.36. The molecule has 3 heterocycles. The Kier molecular flexibility index (Phi) is 3.85. The van der Waals surface area contributed by atoms with Crippen LogP contribution in [0.25, 0.3) is 10.9 Å². The van der Waals surface area contributed by atoms with Gasteiger partial charge in [-0.2, -0.15) is 0 Å². The summed E-state index contributed by atoms with van der Waals surface area (Å²) in [5, 5.41) is 1.30. The van der Waals surface area contributed by atoms with Crippen LogP contribution < -0.4 is 0 Å². The second-order valence-corrected chi connectivity index (χ2v) is 6.05. The molecule has 1 N–H and O–H groups in total. The van der Waals surface area contributed by atoms with Crippen LogP contribution in [0.2, 0.25) is 0 Å². The summed E-state index contributed by atoms with van der Waals surface area (Å²) in [6, 6.07) is 12.9. The number of hydrogen-bond acceptors (Lipinski definition) is 3. The molecule has 1 aliphatic heterocycles. The van der Waals surface area contributed by atoms with E-state index in [0.717, 1.165) is 26.3 Å². The molecule has 4 heteroatoms. The Morgan fingerprint density at radius 2 is 1.96 bits per heavy atom. The van der Waals surface area contributed by atoms with Gasteiger partial charge in [0.25, 0.3) is 0 Å². The fraction of sp³-hybridized carbons (Fsp3) is 0.316. The number of fused-ring (bicyclic) bond motifs is 1. The van der Waals surface area contributed by atoms with Crippen LogP contribution in [0.3, 0.4) is 0 Å². The number of pyridine rings is 1. The van der Waals surface area contributed by atoms with E-state index in [4.69, 9.17) is 4.74 Å². The molecule has 4 nitrogen and oxygen atoms in total. The Morgan fingerprint density at radius 1 is 1.13 bits per heavy atom. The van der Waals surface area contributed by atoms with Crippen molar-refractivity contribution in [2.45, 2.75) is 13.0 Å². The van der Waals surface area contributed by atoms with Gasteiger partial charge in [0.1, 0.15) is 0 Å². The first-order valence-electron chi connectivity index (χ1n) is 8.13. The molecule has 1 saturated heterocycles. The van der Waals surface area contributed by atoms with E-state index >= 15 is 0 Å². The summed E-state index contributed by atoms with van der Waals surface area (Å²) in [6.45, 7) is 5.63. The largest absolute Gasteiger partial charge is 0.379 e. The van der Waals surface area contributed by atoms with Crippen molar-refractivity contribution in [2.75, 3.05) is 26.3 Å². The van der Waals surface area contributed by atoms with Gasteiger partial charge >= 0.3 is 0 Å². The van der Waals surface area contributed by atoms with Crippen molar-refractivity contribution in [3.05, 3.63) is 65.6 Å². The van der Waals surface area contributed by atoms with Crippen LogP contribution in [-0.2, 0) is 4.74 Å². The normalized spacial score (nSPS) is 17.4. The van der Waals surface area contributed by atoms with Gasteiger partial charge in [-0.1, -0.05) is 24.3 Å². The summed E-state index contributed by atoms with van der Waals surface area (Å²) in [7, 11) is 0. The maximum Gasteiger partial charge on any atom is 0.0642 e. The Hall–Kier alpha value is -2.17. The highest BCUT2D eigenvalue weighted by molar-refractivity contribution is 5.85. The number of benzene rings is 1. The van der Waals surface area contributed by atoms with Gasteiger partial charge in [0.15, 0.2) is 0 Å². The lowest BCUT2D eigenvalue weighted by Crippen LogP contribution is -2.39. The van der Waals surface area contributed by atoms with Gasteiger partial charge in [0.2, 0.25) is 0 Å². The van der Waals surface area contributed by atoms with Crippen molar-refractivity contribution in [1.29, 1.82) is 0 Å². The van der Waals surface area contributed by atoms with Crippen molar-refractivity contribution < 1.29 is 4.74 Å². The van der Waals surface area contributed by atoms with Crippen LogP contribution in [0.15, 0.2) is 48.8 Å². The molecule has 2 aromatic heterocycles. The minimum absolute atomic E-state index is 0.212. The summed E-state index contributed by atoms with van der Waals surface area (Å²) in [6.07, 6.45) is 3.82. The molecule has 1 aliphatic rings. The summed E-state index contributed by atoms with van der Waals surface area (Å²) in [4.78, 5) is 10.4. The molecule has 4 rings (SSSR count). The minimum atomic E-state index is 0.212. The topological polar surface area (TPSA) is 41.2 Å². The highest BCUT2D eigenvalue weighted by Gasteiger charge is 2.28. The van der Waals surface area contributed by atoms with Gasteiger partial charge in [-0.25, -0.2) is 0 Å². The molecule has 3 aromatic rings. The first-order valence-corrected chi connectivity index (χ1v) is 8.13. The average molecular weight is 307 g/mol. The monoisotopic (exact) mass is 307 g/mol. The number of rotatable bonds is 3. The molecular formula is C19H21N3O. The molecule has 1 fully saturated rings. The number of H-pyrrole nitrogens is 1. The maximum absolute atomic E-state index is 5.56. The van der Waals surface area contributed by atoms with Crippen molar-refractivity contribution in [3.8, 4) is 0 Å². The number of aromatic amines is 1. The second kappa shape index (κ2) is 6.14. The number of nitrogens with zero attached hydrogens (tertiary/aromatic N) is 2. The van der Waals surface area contributed by atoms with E-state index in [2.05, 4.69) is 52.1 Å². The predicted molar refractivity (Wildman–Crippen MR) is 91.5 cm³/mol. The lowest BCUT2D eigenvalue weighted by atomic mass is 9.95. The Balaban J connectivity index is 1.88. The first kappa shape index (κ1) is 14.4. The molecule has 118 valence electrons. The van der Waals surface area contributed by atoms with Crippen LogP contribution in [0.5, 0.6) is 0 Å². The molecule has 0 unspecified atom stereocenters. The van der Waals surface area contributed by atoms with Crippen molar-refractivity contribution >= 4 is 10.9 Å². The molecule has 0 aliphatic carbocycles. The number of para-hydroxylation sites is 1. The Bertz CT molecular complexity index is 791. The van der Waals surface area contributed by atoms with Gasteiger partial charge in [-0.05, 0) is 24.6 Å². The number of nitrogens with one attached hydrogen (secondary N) is 1. The fourth-order valence-electron chi connectivity index (χ4n) is 3.58. The fourth-order valence-corrected chi connectivity index (χ4v) is 3.58. The zero-order valence-corrected chi connectivity index (χ0v) is 13.3. The van der Waals surface area contributed by atoms with E-state index in [9.17, 15) is 0 Å². The third-order valence-corrected chi connectivity index (χ3v) is 4.63. The lowest BCUT2D eigenvalue weighted by Gasteiger charge is -2.35. The van der Waals surface area contributed by atoms with Gasteiger partial charge in [-0.3, -0.25) is 9.88 Å². The standard InChI is InChI=1S/C19H21N3O/c1-14-18(16-6-2-3-7-17(16)21-14)19(15-5-4-8-20-13-15)22-9-11-23-12-10-22/h2-8,13,19,21H,9-12H2,1H3/t19-/m1/s1. The molecule has 0 bridgehead atoms. The minimum Gasteiger partial charge on any atom is -0.379 e. The van der Waals surface area contributed by atoms with E-state index in [1.807, 2.05) is 18.5 Å². The van der Waals surface area contributed by atoms with Crippen LogP contribution in [0.1, 0.15) is 22.9 Å². The molecule has 0 spiro atoms.